The number of hydrogen-bond donors (Lipinski definition) is 1. The van der Waals surface area contributed by atoms with Gasteiger partial charge < -0.3 is 9.84 Å². The Kier molecular flexibility index (Phi) is 5.69. The van der Waals surface area contributed by atoms with Crippen molar-refractivity contribution in [1.29, 1.82) is 0 Å². The van der Waals surface area contributed by atoms with Gasteiger partial charge in [0.25, 0.3) is 0 Å². The minimum atomic E-state index is -0.652. The van der Waals surface area contributed by atoms with Crippen LogP contribution in [0, 0.1) is 11.8 Å². The van der Waals surface area contributed by atoms with Gasteiger partial charge in [0.1, 0.15) is 0 Å². The second-order valence-electron chi connectivity index (χ2n) is 4.56. The third kappa shape index (κ3) is 5.17. The third-order valence-corrected chi connectivity index (χ3v) is 3.13. The first kappa shape index (κ1) is 12.5. The molecule has 0 heterocycles. The largest absolute Gasteiger partial charge is 0.481 e. The predicted molar refractivity (Wildman–Crippen MR) is 58.8 cm³/mol. The Morgan fingerprint density at radius 1 is 1.27 bits per heavy atom. The zero-order valence-corrected chi connectivity index (χ0v) is 9.58. The molecule has 3 heteroatoms. The van der Waals surface area contributed by atoms with Gasteiger partial charge in [-0.25, -0.2) is 0 Å². The molecule has 0 spiro atoms. The van der Waals surface area contributed by atoms with Crippen LogP contribution >= 0.6 is 0 Å². The van der Waals surface area contributed by atoms with Crippen molar-refractivity contribution in [3.8, 4) is 0 Å². The van der Waals surface area contributed by atoms with E-state index < -0.39 is 5.97 Å². The highest BCUT2D eigenvalue weighted by molar-refractivity contribution is 5.67. The first-order valence-corrected chi connectivity index (χ1v) is 6.02. The van der Waals surface area contributed by atoms with Crippen molar-refractivity contribution in [3.63, 3.8) is 0 Å². The monoisotopic (exact) mass is 214 g/mol. The topological polar surface area (TPSA) is 46.5 Å². The third-order valence-electron chi connectivity index (χ3n) is 3.13. The van der Waals surface area contributed by atoms with E-state index in [0.29, 0.717) is 18.3 Å². The molecule has 0 atom stereocenters. The van der Waals surface area contributed by atoms with E-state index in [4.69, 9.17) is 9.84 Å². The number of hydrogen-bond acceptors (Lipinski definition) is 2. The summed E-state index contributed by atoms with van der Waals surface area (Å²) in [6, 6.07) is 0. The Morgan fingerprint density at radius 3 is 2.40 bits per heavy atom. The van der Waals surface area contributed by atoms with E-state index in [0.717, 1.165) is 45.3 Å². The second kappa shape index (κ2) is 6.83. The average molecular weight is 214 g/mol. The number of carboxylic acids is 1. The standard InChI is InChI=1S/C12H22O3/c1-2-7-15-9-11-5-3-10(4-6-11)8-12(13)14/h10-11H,2-9H2,1H3,(H,13,14)/t10-,11+. The molecule has 1 rings (SSSR count). The summed E-state index contributed by atoms with van der Waals surface area (Å²) in [6.45, 7) is 3.84. The van der Waals surface area contributed by atoms with Gasteiger partial charge in [0.2, 0.25) is 0 Å². The van der Waals surface area contributed by atoms with Gasteiger partial charge in [0.05, 0.1) is 0 Å². The molecule has 0 amide bonds. The van der Waals surface area contributed by atoms with Crippen molar-refractivity contribution >= 4 is 5.97 Å². The van der Waals surface area contributed by atoms with Crippen molar-refractivity contribution in [2.75, 3.05) is 13.2 Å². The highest BCUT2D eigenvalue weighted by atomic mass is 16.5. The molecular formula is C12H22O3. The van der Waals surface area contributed by atoms with E-state index in [1.54, 1.807) is 0 Å². The zero-order valence-electron chi connectivity index (χ0n) is 9.58. The lowest BCUT2D eigenvalue weighted by molar-refractivity contribution is -0.138. The molecule has 0 aromatic rings. The molecular weight excluding hydrogens is 192 g/mol. The van der Waals surface area contributed by atoms with Gasteiger partial charge >= 0.3 is 5.97 Å². The summed E-state index contributed by atoms with van der Waals surface area (Å²) < 4.78 is 5.52. The number of rotatable bonds is 6. The molecule has 3 nitrogen and oxygen atoms in total. The fourth-order valence-electron chi connectivity index (χ4n) is 2.24. The molecule has 1 saturated carbocycles. The fourth-order valence-corrected chi connectivity index (χ4v) is 2.24. The molecule has 0 aromatic heterocycles. The van der Waals surface area contributed by atoms with Crippen LogP contribution in [0.15, 0.2) is 0 Å². The lowest BCUT2D eigenvalue weighted by Crippen LogP contribution is -2.20. The van der Waals surface area contributed by atoms with E-state index in [9.17, 15) is 4.79 Å². The van der Waals surface area contributed by atoms with Crippen LogP contribution in [0.2, 0.25) is 0 Å². The summed E-state index contributed by atoms with van der Waals surface area (Å²) in [5.41, 5.74) is 0. The number of carbonyl (C=O) groups is 1. The highest BCUT2D eigenvalue weighted by Crippen LogP contribution is 2.30. The Balaban J connectivity index is 2.10. The summed E-state index contributed by atoms with van der Waals surface area (Å²) in [5, 5.41) is 8.68. The quantitative estimate of drug-likeness (QED) is 0.691. The van der Waals surface area contributed by atoms with Gasteiger partial charge in [0, 0.05) is 19.6 Å². The van der Waals surface area contributed by atoms with Crippen LogP contribution in [0.5, 0.6) is 0 Å². The molecule has 0 unspecified atom stereocenters. The van der Waals surface area contributed by atoms with E-state index in [1.165, 1.54) is 0 Å². The molecule has 1 aliphatic rings. The molecule has 1 aliphatic carbocycles. The maximum Gasteiger partial charge on any atom is 0.303 e. The van der Waals surface area contributed by atoms with Gasteiger partial charge in [-0.2, -0.15) is 0 Å². The van der Waals surface area contributed by atoms with Crippen LogP contribution in [0.4, 0.5) is 0 Å². The van der Waals surface area contributed by atoms with Gasteiger partial charge in [-0.1, -0.05) is 6.92 Å². The summed E-state index contributed by atoms with van der Waals surface area (Å²) in [4.78, 5) is 10.5. The maximum atomic E-state index is 10.5. The van der Waals surface area contributed by atoms with Crippen LogP contribution in [-0.4, -0.2) is 24.3 Å². The summed E-state index contributed by atoms with van der Waals surface area (Å²) in [7, 11) is 0. The van der Waals surface area contributed by atoms with E-state index in [1.807, 2.05) is 0 Å². The molecule has 0 aliphatic heterocycles. The first-order valence-electron chi connectivity index (χ1n) is 6.02. The molecule has 88 valence electrons. The first-order chi connectivity index (χ1) is 7.22. The normalized spacial score (nSPS) is 26.5. The van der Waals surface area contributed by atoms with E-state index >= 15 is 0 Å². The van der Waals surface area contributed by atoms with E-state index in [-0.39, 0.29) is 0 Å². The van der Waals surface area contributed by atoms with Crippen LogP contribution in [0.1, 0.15) is 45.4 Å². The zero-order chi connectivity index (χ0) is 11.1. The maximum absolute atomic E-state index is 10.5. The molecule has 1 N–H and O–H groups in total. The van der Waals surface area contributed by atoms with E-state index in [2.05, 4.69) is 6.92 Å². The lowest BCUT2D eigenvalue weighted by Gasteiger charge is -2.27. The van der Waals surface area contributed by atoms with Crippen molar-refractivity contribution in [3.05, 3.63) is 0 Å². The van der Waals surface area contributed by atoms with Gasteiger partial charge in [-0.15, -0.1) is 0 Å². The van der Waals surface area contributed by atoms with Crippen LogP contribution in [0.25, 0.3) is 0 Å². The number of ether oxygens (including phenoxy) is 1. The summed E-state index contributed by atoms with van der Waals surface area (Å²) in [5.74, 6) is 0.423. The van der Waals surface area contributed by atoms with Gasteiger partial charge in [-0.3, -0.25) is 4.79 Å². The lowest BCUT2D eigenvalue weighted by atomic mass is 9.81. The molecule has 0 saturated heterocycles. The summed E-state index contributed by atoms with van der Waals surface area (Å²) in [6.07, 6.45) is 5.83. The van der Waals surface area contributed by atoms with Crippen LogP contribution < -0.4 is 0 Å². The number of carboxylic acid groups (broad SMARTS) is 1. The highest BCUT2D eigenvalue weighted by Gasteiger charge is 2.22. The Hall–Kier alpha value is -0.570. The van der Waals surface area contributed by atoms with Crippen LogP contribution in [0.3, 0.4) is 0 Å². The SMILES string of the molecule is CCCOC[C@H]1CC[C@@H](CC(=O)O)CC1. The second-order valence-corrected chi connectivity index (χ2v) is 4.56. The van der Waals surface area contributed by atoms with Gasteiger partial charge in [0.15, 0.2) is 0 Å². The minimum absolute atomic E-state index is 0.350. The molecule has 15 heavy (non-hydrogen) atoms. The Labute approximate surface area is 91.8 Å². The van der Waals surface area contributed by atoms with Crippen LogP contribution in [-0.2, 0) is 9.53 Å². The molecule has 0 radical (unpaired) electrons. The average Bonchev–Trinajstić information content (AvgIpc) is 2.20. The Morgan fingerprint density at radius 2 is 1.87 bits per heavy atom. The smallest absolute Gasteiger partial charge is 0.303 e. The molecule has 0 aromatic carbocycles. The van der Waals surface area contributed by atoms with Crippen molar-refractivity contribution < 1.29 is 14.6 Å². The summed E-state index contributed by atoms with van der Waals surface area (Å²) >= 11 is 0. The van der Waals surface area contributed by atoms with Crippen molar-refractivity contribution in [1.82, 2.24) is 0 Å². The molecule has 1 fully saturated rings. The number of aliphatic carboxylic acids is 1. The minimum Gasteiger partial charge on any atom is -0.481 e. The Bertz CT molecular complexity index is 183. The van der Waals surface area contributed by atoms with Crippen molar-refractivity contribution in [2.24, 2.45) is 11.8 Å². The predicted octanol–water partition coefficient (Wildman–Crippen LogP) is 2.69. The van der Waals surface area contributed by atoms with Gasteiger partial charge in [-0.05, 0) is 43.9 Å². The molecule has 0 bridgehead atoms. The van der Waals surface area contributed by atoms with Crippen molar-refractivity contribution in [2.45, 2.75) is 45.4 Å². The fraction of sp³-hybridized carbons (Fsp3) is 0.917.